The summed E-state index contributed by atoms with van der Waals surface area (Å²) in [5.74, 6) is 1.21. The van der Waals surface area contributed by atoms with Gasteiger partial charge in [-0.25, -0.2) is 0 Å². The molecule has 2 aliphatic carbocycles. The predicted molar refractivity (Wildman–Crippen MR) is 160 cm³/mol. The summed E-state index contributed by atoms with van der Waals surface area (Å²) in [6.45, 7) is 7.29. The fourth-order valence-corrected chi connectivity index (χ4v) is 7.28. The molecule has 208 valence electrons. The number of carbonyl (C=O) groups excluding carboxylic acids is 1. The third-order valence-electron chi connectivity index (χ3n) is 9.41. The van der Waals surface area contributed by atoms with Gasteiger partial charge in [0.1, 0.15) is 0 Å². The molecule has 3 aliphatic rings. The summed E-state index contributed by atoms with van der Waals surface area (Å²) in [7, 11) is 0. The van der Waals surface area contributed by atoms with Crippen molar-refractivity contribution < 1.29 is 14.7 Å². The largest absolute Gasteiger partial charge is 0.483 e. The third kappa shape index (κ3) is 5.62. The third-order valence-corrected chi connectivity index (χ3v) is 9.41. The second-order valence-corrected chi connectivity index (χ2v) is 11.6. The maximum atomic E-state index is 12.8. The van der Waals surface area contributed by atoms with Crippen LogP contribution in [0.1, 0.15) is 76.7 Å². The second kappa shape index (κ2) is 12.2. The lowest BCUT2D eigenvalue weighted by Gasteiger charge is -2.46. The minimum absolute atomic E-state index is 0.00145. The Bertz CT molecular complexity index is 1370. The molecule has 1 spiro atoms. The Hall–Kier alpha value is -3.70. The Morgan fingerprint density at radius 1 is 1.07 bits per heavy atom. The Balaban J connectivity index is 0.00000103. The Morgan fingerprint density at radius 3 is 2.58 bits per heavy atom. The molecule has 0 bridgehead atoms. The van der Waals surface area contributed by atoms with Gasteiger partial charge in [0.25, 0.3) is 12.4 Å². The van der Waals surface area contributed by atoms with Gasteiger partial charge < -0.3 is 15.3 Å². The molecule has 5 nitrogen and oxygen atoms in total. The number of allylic oxidation sites excluding steroid dienone is 1. The molecule has 1 aliphatic heterocycles. The van der Waals surface area contributed by atoms with Crippen LogP contribution in [0.15, 0.2) is 78.9 Å². The molecule has 40 heavy (non-hydrogen) atoms. The fourth-order valence-electron chi connectivity index (χ4n) is 7.28. The number of likely N-dealkylation sites (tertiary alicyclic amines) is 1. The summed E-state index contributed by atoms with van der Waals surface area (Å²) >= 11 is 0. The quantitative estimate of drug-likeness (QED) is 0.362. The van der Waals surface area contributed by atoms with Crippen molar-refractivity contribution >= 4 is 18.5 Å². The van der Waals surface area contributed by atoms with Crippen molar-refractivity contribution in [1.29, 1.82) is 0 Å². The smallest absolute Gasteiger partial charge is 0.290 e. The van der Waals surface area contributed by atoms with E-state index in [4.69, 9.17) is 9.90 Å². The summed E-state index contributed by atoms with van der Waals surface area (Å²) in [5.41, 5.74) is 7.72. The van der Waals surface area contributed by atoms with Gasteiger partial charge in [0.15, 0.2) is 0 Å². The van der Waals surface area contributed by atoms with Crippen LogP contribution >= 0.6 is 0 Å². The first kappa shape index (κ1) is 27.9. The molecule has 1 saturated heterocycles. The lowest BCUT2D eigenvalue weighted by atomic mass is 9.68. The van der Waals surface area contributed by atoms with Crippen molar-refractivity contribution in [3.8, 4) is 0 Å². The molecule has 5 heteroatoms. The number of fused-ring (bicyclic) bond motifs is 2. The molecule has 0 aromatic heterocycles. The summed E-state index contributed by atoms with van der Waals surface area (Å²) in [5, 5.41) is 9.95. The van der Waals surface area contributed by atoms with Crippen LogP contribution in [0.4, 0.5) is 0 Å². The predicted octanol–water partition coefficient (Wildman–Crippen LogP) is 6.57. The zero-order valence-corrected chi connectivity index (χ0v) is 23.6. The van der Waals surface area contributed by atoms with E-state index in [0.29, 0.717) is 24.4 Å². The molecule has 2 N–H and O–H groups in total. The van der Waals surface area contributed by atoms with Crippen LogP contribution in [0.5, 0.6) is 0 Å². The van der Waals surface area contributed by atoms with Gasteiger partial charge in [-0.1, -0.05) is 79.7 Å². The van der Waals surface area contributed by atoms with E-state index < -0.39 is 0 Å². The number of carboxylic acid groups (broad SMARTS) is 1. The molecule has 1 amide bonds. The number of nitrogens with one attached hydrogen (secondary N) is 1. The topological polar surface area (TPSA) is 69.6 Å². The van der Waals surface area contributed by atoms with Crippen molar-refractivity contribution in [2.45, 2.75) is 63.5 Å². The number of nitrogens with zero attached hydrogens (tertiary/aromatic N) is 1. The van der Waals surface area contributed by atoms with Crippen LogP contribution in [-0.4, -0.2) is 41.5 Å². The van der Waals surface area contributed by atoms with Crippen LogP contribution in [0.25, 0.3) is 6.08 Å². The zero-order valence-electron chi connectivity index (χ0n) is 23.6. The fraction of sp³-hybridized carbons (Fsp3) is 0.371. The first-order valence-corrected chi connectivity index (χ1v) is 14.5. The van der Waals surface area contributed by atoms with Crippen LogP contribution in [0.3, 0.4) is 0 Å². The Labute approximate surface area is 237 Å². The van der Waals surface area contributed by atoms with E-state index in [1.807, 2.05) is 36.4 Å². The highest BCUT2D eigenvalue weighted by atomic mass is 16.3. The summed E-state index contributed by atoms with van der Waals surface area (Å²) < 4.78 is 0. The molecule has 4 atom stereocenters. The number of hydrogen-bond acceptors (Lipinski definition) is 3. The molecular formula is C35H40N2O3. The van der Waals surface area contributed by atoms with E-state index in [0.717, 1.165) is 11.1 Å². The van der Waals surface area contributed by atoms with E-state index in [9.17, 15) is 4.79 Å². The number of carbonyl (C=O) groups is 2. The molecule has 2 fully saturated rings. The minimum atomic E-state index is -0.250. The molecule has 3 aromatic carbocycles. The van der Waals surface area contributed by atoms with Crippen LogP contribution in [-0.2, 0) is 16.8 Å². The Kier molecular flexibility index (Phi) is 8.51. The standard InChI is InChI=1S/C34H38N2O.CH2O2/c1-24-20-29(33(37)35-22-26-8-4-3-5-9-26)13-15-31(24)28-12-14-30(21-28)36-19-18-34(25(2)23-36)17-16-27-10-6-7-11-32(27)34;2-1-3/h3-11,13,15-17,20,25,28,30H,12,14,18-19,21-23H2,1-2H3,(H,35,37);1H,(H,2,3). The van der Waals surface area contributed by atoms with Gasteiger partial charge in [-0.2, -0.15) is 0 Å². The number of hydrogen-bond donors (Lipinski definition) is 2. The first-order chi connectivity index (χ1) is 19.4. The number of aryl methyl sites for hydroxylation is 1. The Morgan fingerprint density at radius 2 is 1.82 bits per heavy atom. The van der Waals surface area contributed by atoms with E-state index in [2.05, 4.69) is 72.6 Å². The zero-order chi connectivity index (χ0) is 28.1. The van der Waals surface area contributed by atoms with E-state index in [1.54, 1.807) is 0 Å². The summed E-state index contributed by atoms with van der Waals surface area (Å²) in [6.07, 6.45) is 9.81. The number of amides is 1. The average Bonchev–Trinajstić information content (AvgIpc) is 3.61. The van der Waals surface area contributed by atoms with E-state index in [1.165, 1.54) is 61.0 Å². The minimum Gasteiger partial charge on any atom is -0.483 e. The van der Waals surface area contributed by atoms with Gasteiger partial charge >= 0.3 is 0 Å². The van der Waals surface area contributed by atoms with Gasteiger partial charge in [-0.05, 0) is 90.9 Å². The molecule has 1 saturated carbocycles. The highest BCUT2D eigenvalue weighted by molar-refractivity contribution is 5.94. The lowest BCUT2D eigenvalue weighted by Crippen LogP contribution is -2.50. The highest BCUT2D eigenvalue weighted by Crippen LogP contribution is 2.48. The van der Waals surface area contributed by atoms with Crippen molar-refractivity contribution in [1.82, 2.24) is 10.2 Å². The van der Waals surface area contributed by atoms with Crippen LogP contribution < -0.4 is 5.32 Å². The van der Waals surface area contributed by atoms with Crippen LogP contribution in [0, 0.1) is 12.8 Å². The van der Waals surface area contributed by atoms with Gasteiger partial charge in [0, 0.05) is 30.1 Å². The highest BCUT2D eigenvalue weighted by Gasteiger charge is 2.45. The molecule has 3 aromatic rings. The van der Waals surface area contributed by atoms with Gasteiger partial charge in [-0.3, -0.25) is 9.59 Å². The van der Waals surface area contributed by atoms with Gasteiger partial charge in [0.2, 0.25) is 0 Å². The normalized spacial score (nSPS) is 25.2. The first-order valence-electron chi connectivity index (χ1n) is 14.5. The maximum absolute atomic E-state index is 12.8. The number of rotatable bonds is 5. The molecular weight excluding hydrogens is 496 g/mol. The molecule has 1 heterocycles. The molecule has 0 radical (unpaired) electrons. The van der Waals surface area contributed by atoms with Crippen molar-refractivity contribution in [3.63, 3.8) is 0 Å². The van der Waals surface area contributed by atoms with Crippen LogP contribution in [0.2, 0.25) is 0 Å². The van der Waals surface area contributed by atoms with Crippen molar-refractivity contribution in [2.75, 3.05) is 13.1 Å². The maximum Gasteiger partial charge on any atom is 0.290 e. The van der Waals surface area contributed by atoms with Gasteiger partial charge in [-0.15, -0.1) is 0 Å². The van der Waals surface area contributed by atoms with Crippen molar-refractivity contribution in [2.24, 2.45) is 5.92 Å². The average molecular weight is 537 g/mol. The molecule has 4 unspecified atom stereocenters. The number of piperidine rings is 1. The second-order valence-electron chi connectivity index (χ2n) is 11.6. The van der Waals surface area contributed by atoms with Crippen molar-refractivity contribution in [3.05, 3.63) is 112 Å². The van der Waals surface area contributed by atoms with Gasteiger partial charge in [0.05, 0.1) is 0 Å². The summed E-state index contributed by atoms with van der Waals surface area (Å²) in [4.78, 5) is 23.9. The van der Waals surface area contributed by atoms with E-state index >= 15 is 0 Å². The lowest BCUT2D eigenvalue weighted by molar-refractivity contribution is -0.122. The SMILES string of the molecule is Cc1cc(C(=O)NCc2ccccc2)ccc1C1CCC(N2CCC3(C=Cc4ccccc43)C(C)C2)C1.O=CO. The summed E-state index contributed by atoms with van der Waals surface area (Å²) in [6, 6.07) is 26.0. The van der Waals surface area contributed by atoms with E-state index in [-0.39, 0.29) is 17.8 Å². The number of benzene rings is 3. The molecule has 6 rings (SSSR count). The monoisotopic (exact) mass is 536 g/mol.